The molecule has 3 aliphatic heterocycles. The second-order valence-electron chi connectivity index (χ2n) is 9.59. The number of carbonyl (C=O) groups is 2. The number of benzene rings is 1. The number of aryl methyl sites for hydroxylation is 1. The molecule has 3 aliphatic rings. The van der Waals surface area contributed by atoms with Crippen molar-refractivity contribution >= 4 is 17.7 Å². The Bertz CT molecular complexity index is 806. The lowest BCUT2D eigenvalue weighted by Gasteiger charge is -2.45. The Hall–Kier alpha value is -2.08. The Morgan fingerprint density at radius 2 is 1.77 bits per heavy atom. The van der Waals surface area contributed by atoms with E-state index in [-0.39, 0.29) is 23.5 Å². The van der Waals surface area contributed by atoms with E-state index in [2.05, 4.69) is 30.0 Å². The Kier molecular flexibility index (Phi) is 5.80. The van der Waals surface area contributed by atoms with Gasteiger partial charge in [-0.1, -0.05) is 17.7 Å². The lowest BCUT2D eigenvalue weighted by Crippen LogP contribution is -2.52. The second kappa shape index (κ2) is 8.22. The Morgan fingerprint density at radius 1 is 1.10 bits per heavy atom. The average Bonchev–Trinajstić information content (AvgIpc) is 3.02. The topological polar surface area (TPSA) is 53.1 Å². The summed E-state index contributed by atoms with van der Waals surface area (Å²) in [5, 5.41) is 0. The van der Waals surface area contributed by atoms with Crippen LogP contribution in [0.4, 0.5) is 10.5 Å². The summed E-state index contributed by atoms with van der Waals surface area (Å²) in [5.74, 6) is 0.139. The van der Waals surface area contributed by atoms with Crippen LogP contribution in [-0.4, -0.2) is 66.7 Å². The summed E-state index contributed by atoms with van der Waals surface area (Å²) in [5.41, 5.74) is 3.83. The van der Waals surface area contributed by atoms with E-state index >= 15 is 0 Å². The van der Waals surface area contributed by atoms with Crippen molar-refractivity contribution < 1.29 is 14.3 Å². The number of hydrogen-bond acceptors (Lipinski definition) is 4. The monoisotopic (exact) mass is 413 g/mol. The molecule has 0 aliphatic carbocycles. The number of fused-ring (bicyclic) bond motifs is 2. The molecule has 2 amide bonds. The van der Waals surface area contributed by atoms with Gasteiger partial charge in [-0.05, 0) is 71.2 Å². The van der Waals surface area contributed by atoms with Gasteiger partial charge in [-0.25, -0.2) is 4.79 Å². The van der Waals surface area contributed by atoms with Crippen molar-refractivity contribution in [2.75, 3.05) is 37.6 Å². The van der Waals surface area contributed by atoms with E-state index in [0.717, 1.165) is 64.1 Å². The number of nitrogens with zero attached hydrogens (tertiary/aromatic N) is 3. The number of rotatable bonds is 2. The summed E-state index contributed by atoms with van der Waals surface area (Å²) in [6, 6.07) is 7.07. The van der Waals surface area contributed by atoms with Crippen molar-refractivity contribution in [3.63, 3.8) is 0 Å². The van der Waals surface area contributed by atoms with Crippen molar-refractivity contribution in [2.24, 2.45) is 0 Å². The quantitative estimate of drug-likeness (QED) is 0.742. The molecule has 0 unspecified atom stereocenters. The molecular weight excluding hydrogens is 378 g/mol. The summed E-state index contributed by atoms with van der Waals surface area (Å²) in [6.07, 6.45) is 3.95. The van der Waals surface area contributed by atoms with Gasteiger partial charge in [0.2, 0.25) is 5.91 Å². The third-order valence-corrected chi connectivity index (χ3v) is 7.19. The van der Waals surface area contributed by atoms with Crippen LogP contribution in [0, 0.1) is 6.92 Å². The van der Waals surface area contributed by atoms with E-state index in [4.69, 9.17) is 4.74 Å². The van der Waals surface area contributed by atoms with Crippen LogP contribution in [0.25, 0.3) is 0 Å². The van der Waals surface area contributed by atoms with Crippen LogP contribution in [0.15, 0.2) is 18.2 Å². The maximum Gasteiger partial charge on any atom is 0.410 e. The van der Waals surface area contributed by atoms with Gasteiger partial charge >= 0.3 is 6.09 Å². The molecule has 6 heteroatoms. The van der Waals surface area contributed by atoms with E-state index in [1.807, 2.05) is 23.6 Å². The Labute approximate surface area is 180 Å². The highest BCUT2D eigenvalue weighted by Gasteiger charge is 2.46. The molecule has 0 atom stereocenters. The highest BCUT2D eigenvalue weighted by molar-refractivity contribution is 5.94. The fraction of sp³-hybridized carbons (Fsp3) is 0.667. The minimum atomic E-state index is -0.177. The van der Waals surface area contributed by atoms with E-state index in [0.29, 0.717) is 6.04 Å². The van der Waals surface area contributed by atoms with Gasteiger partial charge in [0.05, 0.1) is 6.10 Å². The van der Waals surface area contributed by atoms with Crippen molar-refractivity contribution in [3.05, 3.63) is 29.3 Å². The van der Waals surface area contributed by atoms with Crippen LogP contribution in [0.1, 0.15) is 57.6 Å². The predicted molar refractivity (Wildman–Crippen MR) is 118 cm³/mol. The molecule has 3 heterocycles. The Balaban J connectivity index is 1.39. The molecule has 164 valence electrons. The van der Waals surface area contributed by atoms with Gasteiger partial charge in [-0.2, -0.15) is 0 Å². The molecular formula is C24H35N3O3. The van der Waals surface area contributed by atoms with Crippen molar-refractivity contribution in [3.8, 4) is 0 Å². The van der Waals surface area contributed by atoms with Gasteiger partial charge < -0.3 is 19.4 Å². The number of amides is 2. The standard InChI is InChI=1S/C24H35N3O3/c1-17(2)30-23(29)26-11-7-20(8-12-26)25-13-9-24(10-14-25)16-27(19(4)28)22-6-5-18(3)15-21(22)24/h5-6,15,17,20H,7-14,16H2,1-4H3. The lowest BCUT2D eigenvalue weighted by molar-refractivity contribution is -0.116. The largest absolute Gasteiger partial charge is 0.447 e. The van der Waals surface area contributed by atoms with Crippen LogP contribution in [-0.2, 0) is 14.9 Å². The first kappa shape index (κ1) is 21.2. The number of likely N-dealkylation sites (tertiary alicyclic amines) is 2. The molecule has 0 aromatic heterocycles. The first-order chi connectivity index (χ1) is 14.3. The molecule has 0 bridgehead atoms. The summed E-state index contributed by atoms with van der Waals surface area (Å²) >= 11 is 0. The zero-order valence-corrected chi connectivity index (χ0v) is 18.8. The maximum absolute atomic E-state index is 12.3. The fourth-order valence-electron chi connectivity index (χ4n) is 5.50. The van der Waals surface area contributed by atoms with Gasteiger partial charge in [0.1, 0.15) is 0 Å². The molecule has 2 fully saturated rings. The summed E-state index contributed by atoms with van der Waals surface area (Å²) in [6.45, 7) is 12.1. The molecule has 30 heavy (non-hydrogen) atoms. The molecule has 0 radical (unpaired) electrons. The highest BCUT2D eigenvalue weighted by atomic mass is 16.6. The SMILES string of the molecule is CC(=O)N1CC2(CCN(C3CCN(C(=O)OC(C)C)CC3)CC2)c2cc(C)ccc21. The van der Waals surface area contributed by atoms with E-state index < -0.39 is 0 Å². The molecule has 1 spiro atoms. The predicted octanol–water partition coefficient (Wildman–Crippen LogP) is 3.70. The fourth-order valence-corrected chi connectivity index (χ4v) is 5.50. The van der Waals surface area contributed by atoms with Gasteiger partial charge in [0.25, 0.3) is 0 Å². The minimum absolute atomic E-state index is 0.0685. The maximum atomic E-state index is 12.3. The van der Waals surface area contributed by atoms with Crippen molar-refractivity contribution in [1.29, 1.82) is 0 Å². The van der Waals surface area contributed by atoms with Crippen LogP contribution in [0.5, 0.6) is 0 Å². The van der Waals surface area contributed by atoms with Crippen LogP contribution in [0.3, 0.4) is 0 Å². The number of ether oxygens (including phenoxy) is 1. The molecule has 6 nitrogen and oxygen atoms in total. The number of anilines is 1. The van der Waals surface area contributed by atoms with Gasteiger partial charge in [-0.15, -0.1) is 0 Å². The van der Waals surface area contributed by atoms with E-state index in [1.165, 1.54) is 11.1 Å². The number of hydrogen-bond donors (Lipinski definition) is 0. The third kappa shape index (κ3) is 3.94. The molecule has 4 rings (SSSR count). The van der Waals surface area contributed by atoms with Crippen molar-refractivity contribution in [2.45, 2.75) is 70.9 Å². The zero-order valence-electron chi connectivity index (χ0n) is 18.8. The molecule has 0 N–H and O–H groups in total. The van der Waals surface area contributed by atoms with E-state index in [1.54, 1.807) is 6.92 Å². The average molecular weight is 414 g/mol. The molecule has 1 aromatic rings. The molecule has 0 saturated carbocycles. The highest BCUT2D eigenvalue weighted by Crippen LogP contribution is 2.47. The van der Waals surface area contributed by atoms with Crippen LogP contribution >= 0.6 is 0 Å². The number of piperidine rings is 2. The number of carbonyl (C=O) groups excluding carboxylic acids is 2. The van der Waals surface area contributed by atoms with Gasteiger partial charge in [0.15, 0.2) is 0 Å². The van der Waals surface area contributed by atoms with E-state index in [9.17, 15) is 9.59 Å². The van der Waals surface area contributed by atoms with Gasteiger partial charge in [0, 0.05) is 43.7 Å². The smallest absolute Gasteiger partial charge is 0.410 e. The summed E-state index contributed by atoms with van der Waals surface area (Å²) in [4.78, 5) is 30.8. The zero-order chi connectivity index (χ0) is 21.5. The second-order valence-corrected chi connectivity index (χ2v) is 9.59. The van der Waals surface area contributed by atoms with Crippen LogP contribution in [0.2, 0.25) is 0 Å². The normalized spacial score (nSPS) is 21.9. The summed E-state index contributed by atoms with van der Waals surface area (Å²) < 4.78 is 5.35. The summed E-state index contributed by atoms with van der Waals surface area (Å²) in [7, 11) is 0. The minimum Gasteiger partial charge on any atom is -0.447 e. The lowest BCUT2D eigenvalue weighted by atomic mass is 9.73. The molecule has 1 aromatic carbocycles. The Morgan fingerprint density at radius 3 is 2.37 bits per heavy atom. The molecule has 2 saturated heterocycles. The van der Waals surface area contributed by atoms with Crippen molar-refractivity contribution in [1.82, 2.24) is 9.80 Å². The first-order valence-corrected chi connectivity index (χ1v) is 11.4. The van der Waals surface area contributed by atoms with Crippen LogP contribution < -0.4 is 4.90 Å². The first-order valence-electron chi connectivity index (χ1n) is 11.4. The van der Waals surface area contributed by atoms with Gasteiger partial charge in [-0.3, -0.25) is 4.79 Å². The third-order valence-electron chi connectivity index (χ3n) is 7.19.